The van der Waals surface area contributed by atoms with E-state index in [0.717, 1.165) is 24.0 Å². The van der Waals surface area contributed by atoms with E-state index in [2.05, 4.69) is 0 Å². The molecule has 1 heterocycles. The fraction of sp³-hybridized carbons (Fsp3) is 0.300. The first-order chi connectivity index (χ1) is 12.6. The Balaban J connectivity index is 1.82. The number of cyclic esters (lactones) is 1. The number of hydrogen-bond acceptors (Lipinski definition) is 6. The van der Waals surface area contributed by atoms with E-state index in [9.17, 15) is 9.59 Å². The molecule has 1 aliphatic carbocycles. The van der Waals surface area contributed by atoms with Gasteiger partial charge in [0.05, 0.1) is 25.7 Å². The highest BCUT2D eigenvalue weighted by molar-refractivity contribution is 5.94. The maximum absolute atomic E-state index is 12.3. The Morgan fingerprint density at radius 1 is 1.04 bits per heavy atom. The van der Waals surface area contributed by atoms with Crippen LogP contribution in [0.15, 0.2) is 30.3 Å². The fourth-order valence-corrected chi connectivity index (χ4v) is 3.03. The van der Waals surface area contributed by atoms with E-state index in [0.29, 0.717) is 28.4 Å². The molecule has 1 aliphatic heterocycles. The number of ether oxygens (including phenoxy) is 4. The Morgan fingerprint density at radius 2 is 1.81 bits per heavy atom. The molecule has 0 unspecified atom stereocenters. The van der Waals surface area contributed by atoms with Crippen LogP contribution in [0.3, 0.4) is 0 Å². The summed E-state index contributed by atoms with van der Waals surface area (Å²) in [4.78, 5) is 23.9. The minimum Gasteiger partial charge on any atom is -0.493 e. The lowest BCUT2D eigenvalue weighted by atomic mass is 9.99. The summed E-state index contributed by atoms with van der Waals surface area (Å²) in [5.41, 5.74) is 2.87. The van der Waals surface area contributed by atoms with Gasteiger partial charge in [-0.05, 0) is 42.7 Å². The second kappa shape index (κ2) is 6.37. The number of hydrogen-bond donors (Lipinski definition) is 0. The maximum Gasteiger partial charge on any atom is 0.338 e. The SMILES string of the molecule is COc1ccc(-c2ccc3c(c2)COC3=O)c(OC(=O)C2CC2)c1OC. The molecule has 134 valence electrons. The van der Waals surface area contributed by atoms with Crippen molar-refractivity contribution >= 4 is 11.9 Å². The third kappa shape index (κ3) is 2.77. The number of methoxy groups -OCH3 is 2. The molecule has 26 heavy (non-hydrogen) atoms. The van der Waals surface area contributed by atoms with Crippen LogP contribution < -0.4 is 14.2 Å². The van der Waals surface area contributed by atoms with Gasteiger partial charge in [0.2, 0.25) is 5.75 Å². The number of fused-ring (bicyclic) bond motifs is 1. The Bertz CT molecular complexity index is 897. The number of carbonyl (C=O) groups is 2. The van der Waals surface area contributed by atoms with E-state index in [1.165, 1.54) is 14.2 Å². The number of benzene rings is 2. The summed E-state index contributed by atoms with van der Waals surface area (Å²) in [6.07, 6.45) is 1.69. The molecule has 0 atom stereocenters. The minimum atomic E-state index is -0.320. The van der Waals surface area contributed by atoms with Gasteiger partial charge < -0.3 is 18.9 Å². The highest BCUT2D eigenvalue weighted by Crippen LogP contribution is 2.46. The van der Waals surface area contributed by atoms with Gasteiger partial charge in [-0.3, -0.25) is 4.79 Å². The third-order valence-corrected chi connectivity index (χ3v) is 4.61. The molecule has 0 spiro atoms. The van der Waals surface area contributed by atoms with Crippen LogP contribution in [0.4, 0.5) is 0 Å². The van der Waals surface area contributed by atoms with E-state index in [1.54, 1.807) is 18.2 Å². The van der Waals surface area contributed by atoms with Gasteiger partial charge in [-0.15, -0.1) is 0 Å². The van der Waals surface area contributed by atoms with Gasteiger partial charge in [0.1, 0.15) is 6.61 Å². The van der Waals surface area contributed by atoms with E-state index in [1.807, 2.05) is 12.1 Å². The van der Waals surface area contributed by atoms with Gasteiger partial charge in [-0.1, -0.05) is 6.07 Å². The summed E-state index contributed by atoms with van der Waals surface area (Å²) in [7, 11) is 3.04. The molecule has 2 aromatic carbocycles. The molecule has 0 radical (unpaired) electrons. The lowest BCUT2D eigenvalue weighted by molar-refractivity contribution is -0.135. The fourth-order valence-electron chi connectivity index (χ4n) is 3.03. The van der Waals surface area contributed by atoms with Crippen molar-refractivity contribution in [1.29, 1.82) is 0 Å². The maximum atomic E-state index is 12.3. The number of rotatable bonds is 5. The van der Waals surface area contributed by atoms with Crippen LogP contribution in [0, 0.1) is 5.92 Å². The van der Waals surface area contributed by atoms with Crippen molar-refractivity contribution in [1.82, 2.24) is 0 Å². The predicted octanol–water partition coefficient (Wildman–Crippen LogP) is 3.36. The van der Waals surface area contributed by atoms with E-state index in [-0.39, 0.29) is 24.5 Å². The van der Waals surface area contributed by atoms with Crippen molar-refractivity contribution in [3.63, 3.8) is 0 Å². The topological polar surface area (TPSA) is 71.1 Å². The van der Waals surface area contributed by atoms with Gasteiger partial charge in [0.25, 0.3) is 0 Å². The molecule has 2 aromatic rings. The molecule has 0 bridgehead atoms. The second-order valence-corrected chi connectivity index (χ2v) is 6.32. The number of esters is 2. The Morgan fingerprint density at radius 3 is 2.50 bits per heavy atom. The second-order valence-electron chi connectivity index (χ2n) is 6.32. The van der Waals surface area contributed by atoms with Crippen molar-refractivity contribution in [2.24, 2.45) is 5.92 Å². The van der Waals surface area contributed by atoms with E-state index < -0.39 is 0 Å². The molecule has 0 aromatic heterocycles. The van der Waals surface area contributed by atoms with Crippen LogP contribution in [0.5, 0.6) is 17.2 Å². The Kier molecular flexibility index (Phi) is 4.03. The molecular weight excluding hydrogens is 336 g/mol. The van der Waals surface area contributed by atoms with Gasteiger partial charge in [0.15, 0.2) is 11.5 Å². The summed E-state index contributed by atoms with van der Waals surface area (Å²) in [6, 6.07) is 8.98. The van der Waals surface area contributed by atoms with Crippen molar-refractivity contribution in [3.8, 4) is 28.4 Å². The summed E-state index contributed by atoms with van der Waals surface area (Å²) in [6.45, 7) is 0.243. The average molecular weight is 354 g/mol. The standard InChI is InChI=1S/C20H18O6/c1-23-16-8-7-14(12-5-6-15-13(9-12)10-25-20(15)22)17(18(16)24-2)26-19(21)11-3-4-11/h5-9,11H,3-4,10H2,1-2H3. The van der Waals surface area contributed by atoms with E-state index in [4.69, 9.17) is 18.9 Å². The summed E-state index contributed by atoms with van der Waals surface area (Å²) in [5, 5.41) is 0. The lowest BCUT2D eigenvalue weighted by Gasteiger charge is -2.17. The smallest absolute Gasteiger partial charge is 0.338 e. The molecule has 0 N–H and O–H groups in total. The molecule has 1 saturated carbocycles. The monoisotopic (exact) mass is 354 g/mol. The van der Waals surface area contributed by atoms with Crippen molar-refractivity contribution in [2.45, 2.75) is 19.4 Å². The van der Waals surface area contributed by atoms with Crippen LogP contribution in [0.2, 0.25) is 0 Å². The summed E-state index contributed by atoms with van der Waals surface area (Å²) in [5.74, 6) is 0.539. The average Bonchev–Trinajstić information content (AvgIpc) is 3.45. The highest BCUT2D eigenvalue weighted by atomic mass is 16.6. The van der Waals surface area contributed by atoms with Crippen molar-refractivity contribution in [3.05, 3.63) is 41.5 Å². The summed E-state index contributed by atoms with van der Waals surface area (Å²) >= 11 is 0. The van der Waals surface area contributed by atoms with Crippen molar-refractivity contribution in [2.75, 3.05) is 14.2 Å². The quantitative estimate of drug-likeness (QED) is 0.606. The van der Waals surface area contributed by atoms with Gasteiger partial charge in [0, 0.05) is 11.1 Å². The normalized spacial score (nSPS) is 15.2. The van der Waals surface area contributed by atoms with Crippen LogP contribution in [-0.2, 0) is 16.1 Å². The first-order valence-corrected chi connectivity index (χ1v) is 8.39. The number of carbonyl (C=O) groups excluding carboxylic acids is 2. The van der Waals surface area contributed by atoms with Crippen molar-refractivity contribution < 1.29 is 28.5 Å². The largest absolute Gasteiger partial charge is 0.493 e. The van der Waals surface area contributed by atoms with Crippen LogP contribution in [0.25, 0.3) is 11.1 Å². The Hall–Kier alpha value is -3.02. The lowest BCUT2D eigenvalue weighted by Crippen LogP contribution is -2.11. The first kappa shape index (κ1) is 16.4. The molecule has 2 aliphatic rings. The third-order valence-electron chi connectivity index (χ3n) is 4.61. The van der Waals surface area contributed by atoms with Crippen LogP contribution in [0.1, 0.15) is 28.8 Å². The first-order valence-electron chi connectivity index (χ1n) is 8.39. The zero-order valence-corrected chi connectivity index (χ0v) is 14.5. The molecule has 4 rings (SSSR count). The molecular formula is C20H18O6. The predicted molar refractivity (Wildman–Crippen MR) is 92.5 cm³/mol. The minimum absolute atomic E-state index is 0.0511. The molecule has 6 heteroatoms. The Labute approximate surface area is 150 Å². The van der Waals surface area contributed by atoms with Crippen LogP contribution >= 0.6 is 0 Å². The molecule has 1 fully saturated rings. The summed E-state index contributed by atoms with van der Waals surface area (Å²) < 4.78 is 21.5. The van der Waals surface area contributed by atoms with Crippen LogP contribution in [-0.4, -0.2) is 26.2 Å². The van der Waals surface area contributed by atoms with Gasteiger partial charge in [-0.2, -0.15) is 0 Å². The van der Waals surface area contributed by atoms with Gasteiger partial charge in [-0.25, -0.2) is 4.79 Å². The highest BCUT2D eigenvalue weighted by Gasteiger charge is 2.33. The van der Waals surface area contributed by atoms with E-state index >= 15 is 0 Å². The molecule has 0 saturated heterocycles. The zero-order chi connectivity index (χ0) is 18.3. The molecule has 0 amide bonds. The zero-order valence-electron chi connectivity index (χ0n) is 14.5. The molecule has 6 nitrogen and oxygen atoms in total. The van der Waals surface area contributed by atoms with Gasteiger partial charge >= 0.3 is 11.9 Å².